The highest BCUT2D eigenvalue weighted by molar-refractivity contribution is 5.46. The van der Waals surface area contributed by atoms with Crippen molar-refractivity contribution in [2.24, 2.45) is 5.92 Å². The van der Waals surface area contributed by atoms with E-state index >= 15 is 0 Å². The van der Waals surface area contributed by atoms with Crippen LogP contribution in [0.15, 0.2) is 54.6 Å². The summed E-state index contributed by atoms with van der Waals surface area (Å²) in [5.74, 6) is 3.60. The number of aromatic hydroxyl groups is 1. The molecule has 0 radical (unpaired) electrons. The molecule has 2 atom stereocenters. The molecule has 0 spiro atoms. The highest BCUT2D eigenvalue weighted by Crippen LogP contribution is 2.47. The standard InChI is InChI=1S/C26H33N7O/c1-32(18-21-17-23(21)20-5-3-2-4-6-20)25-29-24(28-12-11-19-7-9-22(34)10-8-19)30-26(31-25)33-15-13-27-14-16-33/h2-10,21,23,27,34H,11-18H2,1H3,(H,28,29,30,31)/t21-,23+/m0/s1. The fourth-order valence-corrected chi connectivity index (χ4v) is 4.58. The molecular formula is C26H33N7O. The van der Waals surface area contributed by atoms with E-state index in [0.717, 1.165) is 56.6 Å². The number of hydrogen-bond acceptors (Lipinski definition) is 8. The van der Waals surface area contributed by atoms with Crippen molar-refractivity contribution in [3.8, 4) is 5.75 Å². The van der Waals surface area contributed by atoms with Gasteiger partial charge in [0.15, 0.2) is 0 Å². The van der Waals surface area contributed by atoms with Crippen LogP contribution in [0.2, 0.25) is 0 Å². The van der Waals surface area contributed by atoms with Crippen LogP contribution >= 0.6 is 0 Å². The second-order valence-electron chi connectivity index (χ2n) is 9.23. The fourth-order valence-electron chi connectivity index (χ4n) is 4.58. The summed E-state index contributed by atoms with van der Waals surface area (Å²) in [6, 6.07) is 18.1. The van der Waals surface area contributed by atoms with Gasteiger partial charge in [0.2, 0.25) is 17.8 Å². The Bertz CT molecular complexity index is 1070. The molecule has 34 heavy (non-hydrogen) atoms. The van der Waals surface area contributed by atoms with Crippen molar-refractivity contribution >= 4 is 17.8 Å². The third kappa shape index (κ3) is 5.56. The van der Waals surface area contributed by atoms with Gasteiger partial charge in [-0.1, -0.05) is 42.5 Å². The van der Waals surface area contributed by atoms with Gasteiger partial charge in [-0.15, -0.1) is 0 Å². The third-order valence-electron chi connectivity index (χ3n) is 6.64. The first kappa shape index (κ1) is 22.4. The van der Waals surface area contributed by atoms with Gasteiger partial charge in [-0.2, -0.15) is 15.0 Å². The SMILES string of the molecule is CN(C[C@@H]1C[C@@H]1c1ccccc1)c1nc(NCCc2ccc(O)cc2)nc(N2CCNCC2)n1. The zero-order chi connectivity index (χ0) is 23.3. The van der Waals surface area contributed by atoms with Crippen molar-refractivity contribution in [3.63, 3.8) is 0 Å². The summed E-state index contributed by atoms with van der Waals surface area (Å²) in [6.07, 6.45) is 2.03. The molecule has 1 aliphatic heterocycles. The van der Waals surface area contributed by atoms with E-state index in [1.807, 2.05) is 12.1 Å². The van der Waals surface area contributed by atoms with E-state index in [4.69, 9.17) is 15.0 Å². The number of hydrogen-bond donors (Lipinski definition) is 3. The topological polar surface area (TPSA) is 89.4 Å². The Morgan fingerprint density at radius 2 is 1.79 bits per heavy atom. The zero-order valence-electron chi connectivity index (χ0n) is 19.7. The van der Waals surface area contributed by atoms with Crippen molar-refractivity contribution in [1.82, 2.24) is 20.3 Å². The van der Waals surface area contributed by atoms with Crippen molar-refractivity contribution in [2.45, 2.75) is 18.8 Å². The van der Waals surface area contributed by atoms with Gasteiger partial charge in [-0.05, 0) is 47.9 Å². The Labute approximate surface area is 201 Å². The van der Waals surface area contributed by atoms with Crippen molar-refractivity contribution < 1.29 is 5.11 Å². The van der Waals surface area contributed by atoms with Crippen LogP contribution in [0.5, 0.6) is 5.75 Å². The number of anilines is 3. The summed E-state index contributed by atoms with van der Waals surface area (Å²) in [5.41, 5.74) is 2.58. The van der Waals surface area contributed by atoms with Gasteiger partial charge < -0.3 is 25.5 Å². The molecule has 3 N–H and O–H groups in total. The number of piperazine rings is 1. The zero-order valence-corrected chi connectivity index (χ0v) is 19.7. The van der Waals surface area contributed by atoms with Gasteiger partial charge in [-0.25, -0.2) is 0 Å². The molecular weight excluding hydrogens is 426 g/mol. The van der Waals surface area contributed by atoms with Gasteiger partial charge in [-0.3, -0.25) is 0 Å². The summed E-state index contributed by atoms with van der Waals surface area (Å²) >= 11 is 0. The van der Waals surface area contributed by atoms with Gasteiger partial charge in [0.05, 0.1) is 0 Å². The Morgan fingerprint density at radius 1 is 1.03 bits per heavy atom. The van der Waals surface area contributed by atoms with E-state index < -0.39 is 0 Å². The Hall–Kier alpha value is -3.39. The minimum atomic E-state index is 0.285. The molecule has 2 aromatic carbocycles. The van der Waals surface area contributed by atoms with E-state index in [1.54, 1.807) is 12.1 Å². The fraction of sp³-hybridized carbons (Fsp3) is 0.423. The second kappa shape index (κ2) is 10.3. The van der Waals surface area contributed by atoms with Crippen LogP contribution in [-0.2, 0) is 6.42 Å². The number of nitrogens with one attached hydrogen (secondary N) is 2. The summed E-state index contributed by atoms with van der Waals surface area (Å²) < 4.78 is 0. The molecule has 1 saturated carbocycles. The average Bonchev–Trinajstić information content (AvgIpc) is 3.65. The number of phenols is 1. The normalized spacial score (nSPS) is 19.6. The summed E-state index contributed by atoms with van der Waals surface area (Å²) in [5, 5.41) is 16.3. The van der Waals surface area contributed by atoms with Crippen LogP contribution in [0, 0.1) is 5.92 Å². The molecule has 178 valence electrons. The van der Waals surface area contributed by atoms with Crippen LogP contribution < -0.4 is 20.4 Å². The van der Waals surface area contributed by atoms with Crippen LogP contribution in [0.4, 0.5) is 17.8 Å². The molecule has 0 amide bonds. The van der Waals surface area contributed by atoms with Gasteiger partial charge >= 0.3 is 0 Å². The number of benzene rings is 2. The molecule has 0 bridgehead atoms. The lowest BCUT2D eigenvalue weighted by atomic mass is 10.1. The molecule has 1 saturated heterocycles. The van der Waals surface area contributed by atoms with E-state index in [2.05, 4.69) is 57.8 Å². The smallest absolute Gasteiger partial charge is 0.232 e. The molecule has 2 heterocycles. The lowest BCUT2D eigenvalue weighted by Gasteiger charge is -2.28. The molecule has 0 unspecified atom stereocenters. The number of aromatic nitrogens is 3. The summed E-state index contributed by atoms with van der Waals surface area (Å²) in [4.78, 5) is 18.7. The Balaban J connectivity index is 1.27. The van der Waals surface area contributed by atoms with Gasteiger partial charge in [0, 0.05) is 46.3 Å². The number of rotatable bonds is 9. The van der Waals surface area contributed by atoms with Crippen molar-refractivity contribution in [3.05, 3.63) is 65.7 Å². The first-order chi connectivity index (χ1) is 16.7. The predicted octanol–water partition coefficient (Wildman–Crippen LogP) is 2.88. The highest BCUT2D eigenvalue weighted by Gasteiger charge is 2.39. The summed E-state index contributed by atoms with van der Waals surface area (Å²) in [6.45, 7) is 5.27. The average molecular weight is 460 g/mol. The first-order valence-corrected chi connectivity index (χ1v) is 12.2. The monoisotopic (exact) mass is 459 g/mol. The van der Waals surface area contributed by atoms with Crippen LogP contribution in [0.3, 0.4) is 0 Å². The van der Waals surface area contributed by atoms with Crippen molar-refractivity contribution in [2.75, 3.05) is 61.4 Å². The van der Waals surface area contributed by atoms with E-state index in [-0.39, 0.29) is 5.75 Å². The maximum Gasteiger partial charge on any atom is 0.232 e. The molecule has 8 nitrogen and oxygen atoms in total. The third-order valence-corrected chi connectivity index (χ3v) is 6.64. The maximum absolute atomic E-state index is 9.49. The number of phenolic OH excluding ortho intramolecular Hbond substituents is 1. The lowest BCUT2D eigenvalue weighted by molar-refractivity contribution is 0.475. The maximum atomic E-state index is 9.49. The molecule has 8 heteroatoms. The van der Waals surface area contributed by atoms with Crippen LogP contribution in [-0.4, -0.2) is 66.4 Å². The molecule has 2 fully saturated rings. The quantitative estimate of drug-likeness (QED) is 0.450. The summed E-state index contributed by atoms with van der Waals surface area (Å²) in [7, 11) is 2.08. The molecule has 1 aliphatic carbocycles. The van der Waals surface area contributed by atoms with Gasteiger partial charge in [0.25, 0.3) is 0 Å². The Morgan fingerprint density at radius 3 is 2.56 bits per heavy atom. The number of nitrogens with zero attached hydrogens (tertiary/aromatic N) is 5. The first-order valence-electron chi connectivity index (χ1n) is 12.2. The minimum absolute atomic E-state index is 0.285. The molecule has 3 aromatic rings. The van der Waals surface area contributed by atoms with E-state index in [1.165, 1.54) is 12.0 Å². The largest absolute Gasteiger partial charge is 0.508 e. The van der Waals surface area contributed by atoms with E-state index in [9.17, 15) is 5.11 Å². The minimum Gasteiger partial charge on any atom is -0.508 e. The molecule has 1 aromatic heterocycles. The van der Waals surface area contributed by atoms with Crippen molar-refractivity contribution in [1.29, 1.82) is 0 Å². The van der Waals surface area contributed by atoms with Crippen LogP contribution in [0.25, 0.3) is 0 Å². The van der Waals surface area contributed by atoms with Gasteiger partial charge in [0.1, 0.15) is 5.75 Å². The molecule has 5 rings (SSSR count). The molecule has 2 aliphatic rings. The predicted molar refractivity (Wildman–Crippen MR) is 136 cm³/mol. The van der Waals surface area contributed by atoms with E-state index in [0.29, 0.717) is 24.3 Å². The second-order valence-corrected chi connectivity index (χ2v) is 9.23. The van der Waals surface area contributed by atoms with Crippen LogP contribution in [0.1, 0.15) is 23.5 Å². The lowest BCUT2D eigenvalue weighted by Crippen LogP contribution is -2.44. The highest BCUT2D eigenvalue weighted by atomic mass is 16.3. The Kier molecular flexibility index (Phi) is 6.76.